The molecule has 0 aliphatic rings. The Hall–Kier alpha value is -2.69. The van der Waals surface area contributed by atoms with E-state index in [9.17, 15) is 9.59 Å². The molecule has 8 nitrogen and oxygen atoms in total. The van der Waals surface area contributed by atoms with E-state index in [0.29, 0.717) is 33.4 Å². The van der Waals surface area contributed by atoms with Gasteiger partial charge in [-0.15, -0.1) is 28.1 Å². The van der Waals surface area contributed by atoms with E-state index in [1.54, 1.807) is 22.8 Å². The number of hydrogen-bond donors (Lipinski definition) is 2. The van der Waals surface area contributed by atoms with Gasteiger partial charge in [0, 0.05) is 22.6 Å². The Bertz CT molecular complexity index is 1110. The second-order valence-electron chi connectivity index (χ2n) is 6.62. The fraction of sp³-hybridized carbons (Fsp3) is 0.250. The van der Waals surface area contributed by atoms with Crippen LogP contribution in [0.1, 0.15) is 17.1 Å². The van der Waals surface area contributed by atoms with E-state index in [1.807, 2.05) is 25.3 Å². The molecule has 3 rings (SSSR count). The van der Waals surface area contributed by atoms with E-state index < -0.39 is 0 Å². The van der Waals surface area contributed by atoms with Gasteiger partial charge in [0.15, 0.2) is 10.3 Å². The minimum Gasteiger partial charge on any atom is -0.326 e. The lowest BCUT2D eigenvalue weighted by Crippen LogP contribution is -2.18. The number of nitrogens with zero attached hydrogens (tertiary/aromatic N) is 4. The molecule has 162 valence electrons. The number of anilines is 2. The maximum Gasteiger partial charge on any atom is 0.236 e. The van der Waals surface area contributed by atoms with E-state index in [-0.39, 0.29) is 24.0 Å². The molecule has 0 unspecified atom stereocenters. The van der Waals surface area contributed by atoms with Gasteiger partial charge in [0.25, 0.3) is 0 Å². The first-order valence-corrected chi connectivity index (χ1v) is 11.5. The predicted octanol–water partition coefficient (Wildman–Crippen LogP) is 4.10. The summed E-state index contributed by atoms with van der Waals surface area (Å²) < 4.78 is 1.76. The van der Waals surface area contributed by atoms with Crippen molar-refractivity contribution in [2.75, 3.05) is 16.4 Å². The predicted molar refractivity (Wildman–Crippen MR) is 125 cm³/mol. The van der Waals surface area contributed by atoms with Crippen molar-refractivity contribution >= 4 is 57.3 Å². The molecule has 2 heterocycles. The number of amides is 2. The molecule has 1 aromatic carbocycles. The van der Waals surface area contributed by atoms with E-state index in [0.717, 1.165) is 11.3 Å². The largest absolute Gasteiger partial charge is 0.326 e. The number of rotatable bonds is 9. The van der Waals surface area contributed by atoms with Crippen molar-refractivity contribution in [3.63, 3.8) is 0 Å². The lowest BCUT2D eigenvalue weighted by molar-refractivity contribution is -0.116. The smallest absolute Gasteiger partial charge is 0.236 e. The van der Waals surface area contributed by atoms with Gasteiger partial charge in [-0.05, 0) is 31.5 Å². The summed E-state index contributed by atoms with van der Waals surface area (Å²) in [7, 11) is 0. The third kappa shape index (κ3) is 6.39. The molecular formula is C20H21ClN6O2S2. The van der Waals surface area contributed by atoms with Crippen molar-refractivity contribution in [1.82, 2.24) is 19.7 Å². The third-order valence-corrected chi connectivity index (χ3v) is 6.33. The van der Waals surface area contributed by atoms with E-state index >= 15 is 0 Å². The first-order valence-electron chi connectivity index (χ1n) is 9.29. The molecule has 0 fully saturated rings. The van der Waals surface area contributed by atoms with Crippen LogP contribution in [0, 0.1) is 13.8 Å². The monoisotopic (exact) mass is 476 g/mol. The van der Waals surface area contributed by atoms with Crippen molar-refractivity contribution in [2.45, 2.75) is 32.0 Å². The van der Waals surface area contributed by atoms with Gasteiger partial charge in [-0.25, -0.2) is 4.98 Å². The zero-order chi connectivity index (χ0) is 22.4. The molecule has 0 saturated heterocycles. The number of nitrogens with one attached hydrogen (secondary N) is 2. The molecule has 2 aromatic heterocycles. The van der Waals surface area contributed by atoms with E-state index in [2.05, 4.69) is 32.4 Å². The highest BCUT2D eigenvalue weighted by Gasteiger charge is 2.17. The number of aryl methyl sites for hydroxylation is 2. The molecule has 0 radical (unpaired) electrons. The number of thioether (sulfide) groups is 1. The van der Waals surface area contributed by atoms with Crippen molar-refractivity contribution in [1.29, 1.82) is 0 Å². The van der Waals surface area contributed by atoms with Crippen LogP contribution in [0.3, 0.4) is 0 Å². The topological polar surface area (TPSA) is 102 Å². The Kier molecular flexibility index (Phi) is 7.83. The van der Waals surface area contributed by atoms with Crippen LogP contribution < -0.4 is 10.6 Å². The van der Waals surface area contributed by atoms with Gasteiger partial charge in [-0.2, -0.15) is 0 Å². The van der Waals surface area contributed by atoms with Crippen molar-refractivity contribution < 1.29 is 9.59 Å². The molecule has 31 heavy (non-hydrogen) atoms. The molecule has 2 amide bonds. The van der Waals surface area contributed by atoms with Gasteiger partial charge < -0.3 is 15.2 Å². The lowest BCUT2D eigenvalue weighted by atomic mass is 10.2. The summed E-state index contributed by atoms with van der Waals surface area (Å²) in [6.07, 6.45) is 1.71. The summed E-state index contributed by atoms with van der Waals surface area (Å²) in [6.45, 7) is 7.92. The van der Waals surface area contributed by atoms with Crippen LogP contribution in [-0.2, 0) is 22.6 Å². The van der Waals surface area contributed by atoms with Crippen LogP contribution in [0.25, 0.3) is 0 Å². The first-order chi connectivity index (χ1) is 14.9. The normalized spacial score (nSPS) is 10.7. The Morgan fingerprint density at radius 3 is 2.74 bits per heavy atom. The standard InChI is InChI=1S/C20H21ClN6O2S2/c1-4-7-27-16(9-17(28)23-14-6-5-12(2)15(21)8-14)25-26-20(27)31-11-18(29)24-19-22-13(3)10-30-19/h4-6,8,10H,1,7,9,11H2,2-3H3,(H,23,28)(H,22,24,29). The highest BCUT2D eigenvalue weighted by molar-refractivity contribution is 7.99. The van der Waals surface area contributed by atoms with Crippen LogP contribution in [0.4, 0.5) is 10.8 Å². The van der Waals surface area contributed by atoms with E-state index in [1.165, 1.54) is 23.1 Å². The van der Waals surface area contributed by atoms with Crippen LogP contribution in [0.2, 0.25) is 5.02 Å². The molecular weight excluding hydrogens is 456 g/mol. The lowest BCUT2D eigenvalue weighted by Gasteiger charge is -2.09. The number of benzene rings is 1. The molecule has 0 saturated carbocycles. The Balaban J connectivity index is 1.62. The van der Waals surface area contributed by atoms with Crippen LogP contribution in [-0.4, -0.2) is 37.3 Å². The summed E-state index contributed by atoms with van der Waals surface area (Å²) >= 11 is 8.72. The Labute approximate surface area is 193 Å². The van der Waals surface area contributed by atoms with E-state index in [4.69, 9.17) is 11.6 Å². The number of carbonyl (C=O) groups excluding carboxylic acids is 2. The number of carbonyl (C=O) groups is 2. The Morgan fingerprint density at radius 1 is 1.26 bits per heavy atom. The van der Waals surface area contributed by atoms with Gasteiger partial charge in [0.05, 0.1) is 17.9 Å². The summed E-state index contributed by atoms with van der Waals surface area (Å²) in [5.74, 6) is 0.185. The fourth-order valence-electron chi connectivity index (χ4n) is 2.59. The first kappa shape index (κ1) is 23.0. The number of allylic oxidation sites excluding steroid dienone is 1. The fourth-order valence-corrected chi connectivity index (χ4v) is 4.24. The van der Waals surface area contributed by atoms with Gasteiger partial charge in [0.2, 0.25) is 11.8 Å². The second-order valence-corrected chi connectivity index (χ2v) is 8.83. The summed E-state index contributed by atoms with van der Waals surface area (Å²) in [4.78, 5) is 28.9. The zero-order valence-corrected chi connectivity index (χ0v) is 19.4. The molecule has 11 heteroatoms. The van der Waals surface area contributed by atoms with Crippen molar-refractivity contribution in [3.05, 3.63) is 58.3 Å². The van der Waals surface area contributed by atoms with Crippen molar-refractivity contribution in [3.8, 4) is 0 Å². The minimum absolute atomic E-state index is 0.0253. The average molecular weight is 477 g/mol. The highest BCUT2D eigenvalue weighted by Crippen LogP contribution is 2.21. The zero-order valence-electron chi connectivity index (χ0n) is 17.0. The summed E-state index contributed by atoms with van der Waals surface area (Å²) in [5, 5.41) is 17.4. The molecule has 2 N–H and O–H groups in total. The molecule has 0 atom stereocenters. The molecule has 0 spiro atoms. The second kappa shape index (κ2) is 10.6. The number of hydrogen-bond acceptors (Lipinski definition) is 7. The molecule has 0 aliphatic carbocycles. The molecule has 0 aliphatic heterocycles. The third-order valence-electron chi connectivity index (χ3n) is 4.08. The van der Waals surface area contributed by atoms with Gasteiger partial charge in [-0.3, -0.25) is 9.59 Å². The SMILES string of the molecule is C=CCn1c(CC(=O)Nc2ccc(C)c(Cl)c2)nnc1SCC(=O)Nc1nc(C)cs1. The maximum absolute atomic E-state index is 12.5. The summed E-state index contributed by atoms with van der Waals surface area (Å²) in [6, 6.07) is 5.33. The van der Waals surface area contributed by atoms with Crippen molar-refractivity contribution in [2.24, 2.45) is 0 Å². The van der Waals surface area contributed by atoms with Crippen LogP contribution in [0.15, 0.2) is 41.4 Å². The van der Waals surface area contributed by atoms with Crippen LogP contribution in [0.5, 0.6) is 0 Å². The summed E-state index contributed by atoms with van der Waals surface area (Å²) in [5.41, 5.74) is 2.40. The van der Waals surface area contributed by atoms with Gasteiger partial charge in [0.1, 0.15) is 5.82 Å². The average Bonchev–Trinajstić information content (AvgIpc) is 3.29. The van der Waals surface area contributed by atoms with Gasteiger partial charge in [-0.1, -0.05) is 35.5 Å². The van der Waals surface area contributed by atoms with Crippen LogP contribution >= 0.6 is 34.7 Å². The molecule has 0 bridgehead atoms. The number of halogens is 1. The minimum atomic E-state index is -0.244. The molecule has 3 aromatic rings. The number of thiazole rings is 1. The quantitative estimate of drug-likeness (QED) is 0.356. The Morgan fingerprint density at radius 2 is 2.06 bits per heavy atom. The maximum atomic E-state index is 12.5. The number of aromatic nitrogens is 4. The van der Waals surface area contributed by atoms with Gasteiger partial charge >= 0.3 is 0 Å². The highest BCUT2D eigenvalue weighted by atomic mass is 35.5.